The van der Waals surface area contributed by atoms with E-state index in [2.05, 4.69) is 6.92 Å². The number of hydrogen-bond acceptors (Lipinski definition) is 3. The topological polar surface area (TPSA) is 43.4 Å². The molecule has 2 rings (SSSR count). The SMILES string of the molecule is CC1CCCC[C@@H]1COc1ccc(F)cc1.CCS(C)(=O)=O. The Kier molecular flexibility index (Phi) is 7.87. The molecule has 1 aromatic rings. The lowest BCUT2D eigenvalue weighted by molar-refractivity contribution is 0.159. The first-order valence-electron chi connectivity index (χ1n) is 7.88. The molecule has 0 spiro atoms. The molecule has 5 heteroatoms. The highest BCUT2D eigenvalue weighted by molar-refractivity contribution is 7.90. The van der Waals surface area contributed by atoms with Crippen LogP contribution >= 0.6 is 0 Å². The highest BCUT2D eigenvalue weighted by Gasteiger charge is 2.21. The molecule has 3 nitrogen and oxygen atoms in total. The van der Waals surface area contributed by atoms with Gasteiger partial charge in [-0.05, 0) is 42.5 Å². The molecule has 1 aliphatic carbocycles. The van der Waals surface area contributed by atoms with Crippen molar-refractivity contribution in [2.75, 3.05) is 18.6 Å². The molecule has 0 saturated heterocycles. The number of halogens is 1. The van der Waals surface area contributed by atoms with Crippen LogP contribution in [0.5, 0.6) is 5.75 Å². The number of rotatable bonds is 4. The van der Waals surface area contributed by atoms with Gasteiger partial charge in [-0.1, -0.05) is 33.1 Å². The third-order valence-corrected chi connectivity index (χ3v) is 5.14. The zero-order valence-electron chi connectivity index (χ0n) is 13.7. The van der Waals surface area contributed by atoms with Crippen molar-refractivity contribution in [3.05, 3.63) is 30.1 Å². The van der Waals surface area contributed by atoms with Crippen molar-refractivity contribution in [2.45, 2.75) is 39.5 Å². The first kappa shape index (κ1) is 18.9. The Hall–Kier alpha value is -1.10. The Morgan fingerprint density at radius 3 is 2.23 bits per heavy atom. The molecule has 0 heterocycles. The highest BCUT2D eigenvalue weighted by Crippen LogP contribution is 2.30. The number of benzene rings is 1. The first-order valence-corrected chi connectivity index (χ1v) is 9.94. The van der Waals surface area contributed by atoms with E-state index in [0.29, 0.717) is 5.92 Å². The van der Waals surface area contributed by atoms with Gasteiger partial charge in [0.1, 0.15) is 21.4 Å². The maximum atomic E-state index is 12.7. The maximum Gasteiger partial charge on any atom is 0.147 e. The first-order chi connectivity index (χ1) is 10.3. The molecular formula is C17H27FO3S. The van der Waals surface area contributed by atoms with Crippen molar-refractivity contribution < 1.29 is 17.5 Å². The lowest BCUT2D eigenvalue weighted by Gasteiger charge is -2.28. The Morgan fingerprint density at radius 1 is 1.18 bits per heavy atom. The summed E-state index contributed by atoms with van der Waals surface area (Å²) in [6, 6.07) is 6.28. The molecule has 1 unspecified atom stereocenters. The molecule has 2 atom stereocenters. The van der Waals surface area contributed by atoms with Gasteiger partial charge in [0.25, 0.3) is 0 Å². The van der Waals surface area contributed by atoms with Crippen LogP contribution in [0.25, 0.3) is 0 Å². The molecule has 0 radical (unpaired) electrons. The van der Waals surface area contributed by atoms with Crippen LogP contribution in [0.4, 0.5) is 4.39 Å². The molecule has 1 fully saturated rings. The van der Waals surface area contributed by atoms with Gasteiger partial charge in [0, 0.05) is 12.0 Å². The molecule has 1 aliphatic rings. The quantitative estimate of drug-likeness (QED) is 0.835. The average Bonchev–Trinajstić information content (AvgIpc) is 2.48. The Balaban J connectivity index is 0.000000346. The van der Waals surface area contributed by atoms with E-state index in [-0.39, 0.29) is 11.6 Å². The third-order valence-electron chi connectivity index (χ3n) is 4.09. The van der Waals surface area contributed by atoms with E-state index >= 15 is 0 Å². The third kappa shape index (κ3) is 7.78. The summed E-state index contributed by atoms with van der Waals surface area (Å²) < 4.78 is 38.4. The van der Waals surface area contributed by atoms with Gasteiger partial charge in [-0.25, -0.2) is 12.8 Å². The summed E-state index contributed by atoms with van der Waals surface area (Å²) in [5.41, 5.74) is 0. The lowest BCUT2D eigenvalue weighted by Crippen LogP contribution is -2.23. The number of ether oxygens (including phenoxy) is 1. The number of hydrogen-bond donors (Lipinski definition) is 0. The summed E-state index contributed by atoms with van der Waals surface area (Å²) in [6.45, 7) is 4.69. The minimum Gasteiger partial charge on any atom is -0.493 e. The lowest BCUT2D eigenvalue weighted by atomic mass is 9.81. The molecule has 0 N–H and O–H groups in total. The Bertz CT molecular complexity index is 525. The van der Waals surface area contributed by atoms with Gasteiger partial charge in [0.2, 0.25) is 0 Å². The van der Waals surface area contributed by atoms with Crippen molar-refractivity contribution in [1.29, 1.82) is 0 Å². The van der Waals surface area contributed by atoms with Gasteiger partial charge < -0.3 is 4.74 Å². The van der Waals surface area contributed by atoms with Crippen LogP contribution in [-0.4, -0.2) is 27.0 Å². The van der Waals surface area contributed by atoms with Crippen LogP contribution in [0, 0.1) is 17.7 Å². The predicted octanol–water partition coefficient (Wildman–Crippen LogP) is 4.08. The van der Waals surface area contributed by atoms with E-state index in [1.54, 1.807) is 19.1 Å². The van der Waals surface area contributed by atoms with Crippen LogP contribution in [0.2, 0.25) is 0 Å². The van der Waals surface area contributed by atoms with Crippen LogP contribution < -0.4 is 4.74 Å². The van der Waals surface area contributed by atoms with Gasteiger partial charge in [0.15, 0.2) is 0 Å². The Morgan fingerprint density at radius 2 is 1.73 bits per heavy atom. The van der Waals surface area contributed by atoms with Gasteiger partial charge in [-0.3, -0.25) is 0 Å². The van der Waals surface area contributed by atoms with Gasteiger partial charge >= 0.3 is 0 Å². The minimum absolute atomic E-state index is 0.210. The molecule has 1 aromatic carbocycles. The summed E-state index contributed by atoms with van der Waals surface area (Å²) in [7, 11) is -2.66. The Labute approximate surface area is 133 Å². The summed E-state index contributed by atoms with van der Waals surface area (Å²) in [6.07, 6.45) is 6.48. The van der Waals surface area contributed by atoms with Crippen LogP contribution in [0.3, 0.4) is 0 Å². The van der Waals surface area contributed by atoms with Gasteiger partial charge in [0.05, 0.1) is 6.61 Å². The van der Waals surface area contributed by atoms with Crippen molar-refractivity contribution in [2.24, 2.45) is 11.8 Å². The fourth-order valence-corrected chi connectivity index (χ4v) is 2.37. The average molecular weight is 330 g/mol. The summed E-state index contributed by atoms with van der Waals surface area (Å²) in [5, 5.41) is 0. The molecule has 126 valence electrons. The second-order valence-corrected chi connectivity index (χ2v) is 8.43. The van der Waals surface area contributed by atoms with E-state index in [1.165, 1.54) is 44.1 Å². The van der Waals surface area contributed by atoms with E-state index in [1.807, 2.05) is 0 Å². The standard InChI is InChI=1S/C14H19FO.C3H8O2S/c1-11-4-2-3-5-12(11)10-16-14-8-6-13(15)7-9-14;1-3-6(2,4)5/h6-9,11-12H,2-5,10H2,1H3;3H2,1-2H3/t11?,12-;/m1./s1. The molecule has 1 saturated carbocycles. The van der Waals surface area contributed by atoms with Gasteiger partial charge in [-0.15, -0.1) is 0 Å². The largest absolute Gasteiger partial charge is 0.493 e. The summed E-state index contributed by atoms with van der Waals surface area (Å²) in [4.78, 5) is 0. The summed E-state index contributed by atoms with van der Waals surface area (Å²) >= 11 is 0. The molecule has 0 aromatic heterocycles. The molecule has 22 heavy (non-hydrogen) atoms. The normalized spacial score (nSPS) is 21.6. The van der Waals surface area contributed by atoms with Crippen molar-refractivity contribution in [3.63, 3.8) is 0 Å². The van der Waals surface area contributed by atoms with Crippen molar-refractivity contribution in [1.82, 2.24) is 0 Å². The maximum absolute atomic E-state index is 12.7. The fourth-order valence-electron chi connectivity index (χ4n) is 2.37. The van der Waals surface area contributed by atoms with E-state index in [9.17, 15) is 12.8 Å². The molecular weight excluding hydrogens is 303 g/mol. The minimum atomic E-state index is -2.66. The second kappa shape index (κ2) is 9.13. The molecule has 0 amide bonds. The molecule has 0 aliphatic heterocycles. The monoisotopic (exact) mass is 330 g/mol. The predicted molar refractivity (Wildman–Crippen MR) is 88.4 cm³/mol. The molecule has 0 bridgehead atoms. The second-order valence-electron chi connectivity index (χ2n) is 6.00. The zero-order valence-corrected chi connectivity index (χ0v) is 14.5. The van der Waals surface area contributed by atoms with Gasteiger partial charge in [-0.2, -0.15) is 0 Å². The zero-order chi connectivity index (χ0) is 16.6. The highest BCUT2D eigenvalue weighted by atomic mass is 32.2. The van der Waals surface area contributed by atoms with E-state index < -0.39 is 9.84 Å². The van der Waals surface area contributed by atoms with Crippen molar-refractivity contribution >= 4 is 9.84 Å². The van der Waals surface area contributed by atoms with Crippen LogP contribution in [0.1, 0.15) is 39.5 Å². The fraction of sp³-hybridized carbons (Fsp3) is 0.647. The number of sulfone groups is 1. The van der Waals surface area contributed by atoms with E-state index in [4.69, 9.17) is 4.74 Å². The van der Waals surface area contributed by atoms with E-state index in [0.717, 1.165) is 18.3 Å². The van der Waals surface area contributed by atoms with Crippen LogP contribution in [0.15, 0.2) is 24.3 Å². The smallest absolute Gasteiger partial charge is 0.147 e. The summed E-state index contributed by atoms with van der Waals surface area (Å²) in [5.74, 6) is 2.23. The van der Waals surface area contributed by atoms with Crippen LogP contribution in [-0.2, 0) is 9.84 Å². The van der Waals surface area contributed by atoms with Crippen molar-refractivity contribution in [3.8, 4) is 5.75 Å².